The molecule has 0 unspecified atom stereocenters. The van der Waals surface area contributed by atoms with E-state index in [1.807, 2.05) is 13.8 Å². The molecule has 192 valence electrons. The Bertz CT molecular complexity index is 1310. The van der Waals surface area contributed by atoms with Crippen LogP contribution in [0.3, 0.4) is 0 Å². The van der Waals surface area contributed by atoms with E-state index in [0.29, 0.717) is 17.7 Å². The summed E-state index contributed by atoms with van der Waals surface area (Å²) in [4.78, 5) is 19.0. The van der Waals surface area contributed by atoms with Crippen molar-refractivity contribution in [3.05, 3.63) is 58.8 Å². The lowest BCUT2D eigenvalue weighted by molar-refractivity contribution is 0.359. The molecule has 0 spiro atoms. The zero-order valence-electron chi connectivity index (χ0n) is 20.9. The van der Waals surface area contributed by atoms with Gasteiger partial charge in [0, 0.05) is 50.3 Å². The summed E-state index contributed by atoms with van der Waals surface area (Å²) in [6, 6.07) is 6.07. The number of nitrogens with zero attached hydrogens (tertiary/aromatic N) is 3. The molecule has 3 N–H and O–H groups in total. The fraction of sp³-hybridized carbons (Fsp3) is 0.320. The molecule has 3 aromatic rings. The first kappa shape index (κ1) is 26.6. The molecule has 3 rings (SSSR count). The number of anilines is 2. The fourth-order valence-corrected chi connectivity index (χ4v) is 3.74. The summed E-state index contributed by atoms with van der Waals surface area (Å²) >= 11 is 0. The maximum atomic E-state index is 15.5. The summed E-state index contributed by atoms with van der Waals surface area (Å²) < 4.78 is 42.4. The van der Waals surface area contributed by atoms with Gasteiger partial charge in [-0.2, -0.15) is 0 Å². The van der Waals surface area contributed by atoms with Crippen LogP contribution in [0.4, 0.5) is 20.2 Å². The first-order chi connectivity index (χ1) is 17.3. The van der Waals surface area contributed by atoms with E-state index in [4.69, 9.17) is 14.9 Å². The number of halogens is 2. The Balaban J connectivity index is 2.25. The highest BCUT2D eigenvalue weighted by molar-refractivity contribution is 6.00. The molecule has 0 radical (unpaired) electrons. The van der Waals surface area contributed by atoms with Gasteiger partial charge in [0.05, 0.1) is 30.8 Å². The van der Waals surface area contributed by atoms with E-state index >= 15 is 8.78 Å². The lowest BCUT2D eigenvalue weighted by Gasteiger charge is -2.28. The van der Waals surface area contributed by atoms with Gasteiger partial charge in [-0.3, -0.25) is 9.36 Å². The van der Waals surface area contributed by atoms with Crippen molar-refractivity contribution >= 4 is 34.2 Å². The quantitative estimate of drug-likeness (QED) is 0.346. The number of methoxy groups -OCH3 is 2. The number of aromatic nitrogens is 2. The van der Waals surface area contributed by atoms with Crippen molar-refractivity contribution in [1.82, 2.24) is 20.2 Å². The SMILES string of the molecule is CN/C=C(\C=N)n1cnc2ccc(N(CCNC(C)C)c3c(F)c(OC)cc(OC)c3F)cc2c1=O. The lowest BCUT2D eigenvalue weighted by Crippen LogP contribution is -2.33. The van der Waals surface area contributed by atoms with Gasteiger partial charge >= 0.3 is 0 Å². The second-order valence-corrected chi connectivity index (χ2v) is 8.14. The van der Waals surface area contributed by atoms with Crippen LogP contribution >= 0.6 is 0 Å². The van der Waals surface area contributed by atoms with Gasteiger partial charge in [-0.25, -0.2) is 13.8 Å². The lowest BCUT2D eigenvalue weighted by atomic mass is 10.1. The third-order valence-corrected chi connectivity index (χ3v) is 5.48. The summed E-state index contributed by atoms with van der Waals surface area (Å²) in [6.45, 7) is 4.50. The molecule has 0 bridgehead atoms. The largest absolute Gasteiger partial charge is 0.493 e. The highest BCUT2D eigenvalue weighted by Crippen LogP contribution is 2.40. The summed E-state index contributed by atoms with van der Waals surface area (Å²) in [5.41, 5.74) is 0.242. The van der Waals surface area contributed by atoms with Crippen LogP contribution in [-0.4, -0.2) is 56.2 Å². The summed E-state index contributed by atoms with van der Waals surface area (Å²) in [5, 5.41) is 13.9. The summed E-state index contributed by atoms with van der Waals surface area (Å²) in [7, 11) is 4.22. The molecule has 0 atom stereocenters. The number of nitrogens with one attached hydrogen (secondary N) is 3. The molecule has 1 aromatic heterocycles. The van der Waals surface area contributed by atoms with E-state index in [9.17, 15) is 4.79 Å². The van der Waals surface area contributed by atoms with Gasteiger partial charge in [0.25, 0.3) is 5.56 Å². The molecule has 0 saturated carbocycles. The maximum absolute atomic E-state index is 15.5. The molecular formula is C25H30F2N6O3. The van der Waals surface area contributed by atoms with Crippen LogP contribution in [0.5, 0.6) is 11.5 Å². The van der Waals surface area contributed by atoms with Crippen LogP contribution in [0.2, 0.25) is 0 Å². The van der Waals surface area contributed by atoms with Crippen molar-refractivity contribution in [3.8, 4) is 11.5 Å². The third kappa shape index (κ3) is 5.30. The Morgan fingerprint density at radius 1 is 1.19 bits per heavy atom. The number of allylic oxidation sites excluding steroid dienone is 1. The van der Waals surface area contributed by atoms with Crippen LogP contribution in [-0.2, 0) is 0 Å². The van der Waals surface area contributed by atoms with Crippen molar-refractivity contribution in [2.75, 3.05) is 39.3 Å². The Hall–Kier alpha value is -3.99. The predicted molar refractivity (Wildman–Crippen MR) is 138 cm³/mol. The Morgan fingerprint density at radius 2 is 1.86 bits per heavy atom. The van der Waals surface area contributed by atoms with Gasteiger partial charge < -0.3 is 30.4 Å². The monoisotopic (exact) mass is 500 g/mol. The molecular weight excluding hydrogens is 470 g/mol. The van der Waals surface area contributed by atoms with Crippen molar-refractivity contribution in [1.29, 1.82) is 5.41 Å². The standard InChI is InChI=1S/C25H30F2N6O3/c1-15(2)30-8-9-32(24-22(26)20(35-4)11-21(36-5)23(24)27)16-6-7-19-18(10-16)25(34)33(14-31-19)17(12-28)13-29-3/h6-7,10-15,28-30H,8-9H2,1-5H3/b17-13+,28-12?. The average molecular weight is 501 g/mol. The second-order valence-electron chi connectivity index (χ2n) is 8.14. The van der Waals surface area contributed by atoms with Gasteiger partial charge in [-0.05, 0) is 18.2 Å². The van der Waals surface area contributed by atoms with Gasteiger partial charge in [0.1, 0.15) is 12.0 Å². The minimum Gasteiger partial charge on any atom is -0.493 e. The Morgan fingerprint density at radius 3 is 2.42 bits per heavy atom. The van der Waals surface area contributed by atoms with Gasteiger partial charge in [-0.1, -0.05) is 13.8 Å². The zero-order valence-corrected chi connectivity index (χ0v) is 20.9. The molecule has 36 heavy (non-hydrogen) atoms. The van der Waals surface area contributed by atoms with E-state index < -0.39 is 17.2 Å². The third-order valence-electron chi connectivity index (χ3n) is 5.48. The van der Waals surface area contributed by atoms with Crippen molar-refractivity contribution < 1.29 is 18.3 Å². The smallest absolute Gasteiger partial charge is 0.265 e. The molecule has 1 heterocycles. The van der Waals surface area contributed by atoms with Crippen LogP contribution < -0.4 is 30.6 Å². The number of hydrogen-bond acceptors (Lipinski definition) is 8. The minimum absolute atomic E-state index is 0.146. The van der Waals surface area contributed by atoms with Crippen LogP contribution in [0, 0.1) is 17.0 Å². The summed E-state index contributed by atoms with van der Waals surface area (Å²) in [6.07, 6.45) is 3.84. The number of fused-ring (bicyclic) bond motifs is 1. The number of hydrogen-bond donors (Lipinski definition) is 3. The van der Waals surface area contributed by atoms with Crippen LogP contribution in [0.25, 0.3) is 16.6 Å². The molecule has 0 amide bonds. The van der Waals surface area contributed by atoms with Gasteiger partial charge in [-0.15, -0.1) is 0 Å². The molecule has 0 aliphatic heterocycles. The number of ether oxygens (including phenoxy) is 2. The van der Waals surface area contributed by atoms with E-state index in [1.165, 1.54) is 42.3 Å². The topological polar surface area (TPSA) is 104 Å². The Kier molecular flexibility index (Phi) is 8.59. The maximum Gasteiger partial charge on any atom is 0.265 e. The minimum atomic E-state index is -0.896. The van der Waals surface area contributed by atoms with Crippen molar-refractivity contribution in [2.24, 2.45) is 0 Å². The predicted octanol–water partition coefficient (Wildman–Crippen LogP) is 3.50. The van der Waals surface area contributed by atoms with Crippen LogP contribution in [0.15, 0.2) is 41.6 Å². The first-order valence-electron chi connectivity index (χ1n) is 11.3. The number of rotatable bonds is 11. The first-order valence-corrected chi connectivity index (χ1v) is 11.3. The van der Waals surface area contributed by atoms with E-state index in [2.05, 4.69) is 15.6 Å². The summed E-state index contributed by atoms with van der Waals surface area (Å²) in [5.74, 6) is -2.15. The van der Waals surface area contributed by atoms with Crippen LogP contribution in [0.1, 0.15) is 13.8 Å². The molecule has 0 aliphatic rings. The van der Waals surface area contributed by atoms with Gasteiger partial charge in [0.15, 0.2) is 23.1 Å². The van der Waals surface area contributed by atoms with Crippen molar-refractivity contribution in [3.63, 3.8) is 0 Å². The normalized spacial score (nSPS) is 11.6. The molecule has 2 aromatic carbocycles. The molecule has 0 aliphatic carbocycles. The van der Waals surface area contributed by atoms with E-state index in [-0.39, 0.29) is 40.9 Å². The molecule has 0 fully saturated rings. The second kappa shape index (κ2) is 11.6. The van der Waals surface area contributed by atoms with E-state index in [0.717, 1.165) is 12.3 Å². The highest BCUT2D eigenvalue weighted by Gasteiger charge is 2.26. The molecule has 0 saturated heterocycles. The fourth-order valence-electron chi connectivity index (χ4n) is 3.74. The zero-order chi connectivity index (χ0) is 26.4. The Labute approximate surface area is 207 Å². The molecule has 9 nitrogen and oxygen atoms in total. The number of benzene rings is 2. The van der Waals surface area contributed by atoms with Crippen molar-refractivity contribution in [2.45, 2.75) is 19.9 Å². The molecule has 11 heteroatoms. The average Bonchev–Trinajstić information content (AvgIpc) is 2.87. The highest BCUT2D eigenvalue weighted by atomic mass is 19.1. The van der Waals surface area contributed by atoms with Gasteiger partial charge in [0.2, 0.25) is 0 Å². The van der Waals surface area contributed by atoms with E-state index in [1.54, 1.807) is 19.2 Å².